The molecule has 0 radical (unpaired) electrons. The molecule has 2 heterocycles. The van der Waals surface area contributed by atoms with Crippen molar-refractivity contribution in [2.75, 3.05) is 25.6 Å². The molecule has 1 amide bonds. The average molecular weight is 260 g/mol. The summed E-state index contributed by atoms with van der Waals surface area (Å²) in [5.41, 5.74) is 0. The third-order valence-electron chi connectivity index (χ3n) is 3.92. The number of carbonyl (C=O) groups is 1. The highest BCUT2D eigenvalue weighted by Gasteiger charge is 2.31. The maximum atomic E-state index is 12.5. The molecule has 1 unspecified atom stereocenters. The molecule has 98 valence electrons. The molecule has 3 nitrogen and oxygen atoms in total. The van der Waals surface area contributed by atoms with Crippen molar-refractivity contribution in [3.05, 3.63) is 0 Å². The molecule has 0 aromatic carbocycles. The molecule has 0 aromatic rings. The first-order valence-electron chi connectivity index (χ1n) is 6.77. The van der Waals surface area contributed by atoms with Gasteiger partial charge in [0.15, 0.2) is 0 Å². The Hall–Kier alpha value is -0.280. The Kier molecular flexibility index (Phi) is 5.11. The Bertz CT molecular complexity index is 252. The van der Waals surface area contributed by atoms with Crippen molar-refractivity contribution in [2.24, 2.45) is 5.92 Å². The number of likely N-dealkylation sites (tertiary alicyclic amines) is 1. The van der Waals surface area contributed by atoms with Crippen molar-refractivity contribution in [1.29, 1.82) is 0 Å². The van der Waals surface area contributed by atoms with Crippen LogP contribution in [0.3, 0.4) is 0 Å². The summed E-state index contributed by atoms with van der Waals surface area (Å²) < 4.78 is 5.32. The summed E-state index contributed by atoms with van der Waals surface area (Å²) in [4.78, 5) is 14.6. The number of hydrogen-bond donors (Lipinski definition) is 0. The molecule has 0 aliphatic carbocycles. The van der Waals surface area contributed by atoms with Crippen LogP contribution in [0.1, 0.15) is 38.5 Å². The zero-order valence-electron chi connectivity index (χ0n) is 10.4. The molecule has 0 spiro atoms. The van der Waals surface area contributed by atoms with E-state index in [1.54, 1.807) is 0 Å². The van der Waals surface area contributed by atoms with Crippen molar-refractivity contribution >= 4 is 17.5 Å². The third-order valence-corrected chi connectivity index (χ3v) is 4.14. The smallest absolute Gasteiger partial charge is 0.226 e. The molecule has 17 heavy (non-hydrogen) atoms. The Labute approximate surface area is 108 Å². The van der Waals surface area contributed by atoms with E-state index in [2.05, 4.69) is 4.90 Å². The van der Waals surface area contributed by atoms with Crippen LogP contribution in [0, 0.1) is 5.92 Å². The maximum Gasteiger partial charge on any atom is 0.226 e. The van der Waals surface area contributed by atoms with Gasteiger partial charge in [0.25, 0.3) is 0 Å². The number of nitrogens with zero attached hydrogens (tertiary/aromatic N) is 1. The summed E-state index contributed by atoms with van der Waals surface area (Å²) in [6.07, 6.45) is 6.23. The lowest BCUT2D eigenvalue weighted by Gasteiger charge is -2.38. The molecule has 2 fully saturated rings. The Morgan fingerprint density at radius 2 is 2.00 bits per heavy atom. The summed E-state index contributed by atoms with van der Waals surface area (Å²) in [7, 11) is 0. The zero-order valence-corrected chi connectivity index (χ0v) is 11.1. The summed E-state index contributed by atoms with van der Waals surface area (Å²) in [6, 6.07) is 0.386. The summed E-state index contributed by atoms with van der Waals surface area (Å²) in [6.45, 7) is 2.41. The van der Waals surface area contributed by atoms with Crippen LogP contribution in [0.2, 0.25) is 0 Å². The normalized spacial score (nSPS) is 27.1. The molecule has 2 saturated heterocycles. The first-order valence-corrected chi connectivity index (χ1v) is 7.30. The van der Waals surface area contributed by atoms with Gasteiger partial charge in [0.1, 0.15) is 0 Å². The van der Waals surface area contributed by atoms with Gasteiger partial charge in [-0.05, 0) is 38.5 Å². The van der Waals surface area contributed by atoms with E-state index < -0.39 is 0 Å². The molecule has 2 aliphatic rings. The minimum absolute atomic E-state index is 0.194. The van der Waals surface area contributed by atoms with Gasteiger partial charge in [-0.2, -0.15) is 0 Å². The van der Waals surface area contributed by atoms with E-state index in [4.69, 9.17) is 16.3 Å². The molecule has 0 bridgehead atoms. The lowest BCUT2D eigenvalue weighted by Crippen LogP contribution is -2.47. The largest absolute Gasteiger partial charge is 0.381 e. The average Bonchev–Trinajstić information content (AvgIpc) is 2.40. The molecule has 0 saturated carbocycles. The number of carbonyl (C=O) groups excluding carboxylic acids is 1. The zero-order chi connectivity index (χ0) is 12.1. The predicted molar refractivity (Wildman–Crippen MR) is 68.2 cm³/mol. The second-order valence-electron chi connectivity index (χ2n) is 5.05. The highest BCUT2D eigenvalue weighted by molar-refractivity contribution is 6.17. The molecule has 2 aliphatic heterocycles. The molecule has 4 heteroatoms. The second kappa shape index (κ2) is 6.60. The lowest BCUT2D eigenvalue weighted by molar-refractivity contribution is -0.142. The van der Waals surface area contributed by atoms with Crippen molar-refractivity contribution in [2.45, 2.75) is 44.6 Å². The van der Waals surface area contributed by atoms with E-state index in [0.717, 1.165) is 51.9 Å². The number of rotatable bonds is 3. The SMILES string of the molecule is O=C(C1CCOCC1)N1CCCCC1CCCl. The number of alkyl halides is 1. The van der Waals surface area contributed by atoms with Crippen LogP contribution in [0.25, 0.3) is 0 Å². The third kappa shape index (κ3) is 3.35. The highest BCUT2D eigenvalue weighted by atomic mass is 35.5. The quantitative estimate of drug-likeness (QED) is 0.729. The summed E-state index contributed by atoms with van der Waals surface area (Å²) in [5, 5.41) is 0. The van der Waals surface area contributed by atoms with Crippen molar-refractivity contribution < 1.29 is 9.53 Å². The van der Waals surface area contributed by atoms with E-state index in [1.165, 1.54) is 6.42 Å². The van der Waals surface area contributed by atoms with Gasteiger partial charge in [-0.15, -0.1) is 11.6 Å². The van der Waals surface area contributed by atoms with Gasteiger partial charge in [0.2, 0.25) is 5.91 Å². The maximum absolute atomic E-state index is 12.5. The van der Waals surface area contributed by atoms with E-state index in [-0.39, 0.29) is 5.92 Å². The fraction of sp³-hybridized carbons (Fsp3) is 0.923. The second-order valence-corrected chi connectivity index (χ2v) is 5.42. The van der Waals surface area contributed by atoms with Gasteiger partial charge >= 0.3 is 0 Å². The number of hydrogen-bond acceptors (Lipinski definition) is 2. The molecular formula is C13H22ClNO2. The monoisotopic (exact) mass is 259 g/mol. The number of amides is 1. The minimum Gasteiger partial charge on any atom is -0.381 e. The number of ether oxygens (including phenoxy) is 1. The topological polar surface area (TPSA) is 29.5 Å². The molecular weight excluding hydrogens is 238 g/mol. The Morgan fingerprint density at radius 1 is 1.24 bits per heavy atom. The minimum atomic E-state index is 0.194. The first-order chi connectivity index (χ1) is 8.33. The fourth-order valence-corrected chi connectivity index (χ4v) is 3.15. The van der Waals surface area contributed by atoms with E-state index in [1.807, 2.05) is 0 Å². The Balaban J connectivity index is 1.94. The standard InChI is InChI=1S/C13H22ClNO2/c14-7-4-12-3-1-2-8-15(12)13(16)11-5-9-17-10-6-11/h11-12H,1-10H2. The van der Waals surface area contributed by atoms with Gasteiger partial charge in [0.05, 0.1) is 0 Å². The van der Waals surface area contributed by atoms with Crippen LogP contribution < -0.4 is 0 Å². The van der Waals surface area contributed by atoms with Crippen LogP contribution in [-0.4, -0.2) is 42.5 Å². The van der Waals surface area contributed by atoms with Gasteiger partial charge < -0.3 is 9.64 Å². The van der Waals surface area contributed by atoms with Crippen LogP contribution >= 0.6 is 11.6 Å². The van der Waals surface area contributed by atoms with Crippen LogP contribution in [0.4, 0.5) is 0 Å². The van der Waals surface area contributed by atoms with Crippen molar-refractivity contribution in [3.8, 4) is 0 Å². The van der Waals surface area contributed by atoms with E-state index >= 15 is 0 Å². The van der Waals surface area contributed by atoms with Gasteiger partial charge in [-0.3, -0.25) is 4.79 Å². The van der Waals surface area contributed by atoms with Crippen LogP contribution in [0.15, 0.2) is 0 Å². The summed E-state index contributed by atoms with van der Waals surface area (Å²) >= 11 is 5.83. The van der Waals surface area contributed by atoms with E-state index in [0.29, 0.717) is 17.8 Å². The van der Waals surface area contributed by atoms with E-state index in [9.17, 15) is 4.79 Å². The molecule has 0 N–H and O–H groups in total. The molecule has 0 aromatic heterocycles. The van der Waals surface area contributed by atoms with Crippen molar-refractivity contribution in [3.63, 3.8) is 0 Å². The van der Waals surface area contributed by atoms with Crippen molar-refractivity contribution in [1.82, 2.24) is 4.90 Å². The number of halogens is 1. The van der Waals surface area contributed by atoms with Gasteiger partial charge in [0, 0.05) is 37.6 Å². The lowest BCUT2D eigenvalue weighted by atomic mass is 9.94. The number of piperidine rings is 1. The van der Waals surface area contributed by atoms with Gasteiger partial charge in [-0.25, -0.2) is 0 Å². The Morgan fingerprint density at radius 3 is 2.71 bits per heavy atom. The van der Waals surface area contributed by atoms with Crippen LogP contribution in [-0.2, 0) is 9.53 Å². The molecule has 2 rings (SSSR count). The van der Waals surface area contributed by atoms with Gasteiger partial charge in [-0.1, -0.05) is 0 Å². The van der Waals surface area contributed by atoms with Crippen LogP contribution in [0.5, 0.6) is 0 Å². The fourth-order valence-electron chi connectivity index (χ4n) is 2.90. The first kappa shape index (κ1) is 13.2. The molecule has 1 atom stereocenters. The predicted octanol–water partition coefficient (Wildman–Crippen LogP) is 2.42. The summed E-state index contributed by atoms with van der Waals surface area (Å²) in [5.74, 6) is 1.20. The highest BCUT2D eigenvalue weighted by Crippen LogP contribution is 2.25.